The molecule has 1 saturated heterocycles. The zero-order valence-electron chi connectivity index (χ0n) is 14.4. The number of aryl methyl sites for hydroxylation is 1. The largest absolute Gasteiger partial charge is 0.387 e. The van der Waals surface area contributed by atoms with E-state index in [4.69, 9.17) is 0 Å². The molecule has 1 amide bonds. The zero-order chi connectivity index (χ0) is 17.8. The molecule has 0 saturated carbocycles. The van der Waals surface area contributed by atoms with Gasteiger partial charge in [0.15, 0.2) is 0 Å². The highest BCUT2D eigenvalue weighted by molar-refractivity contribution is 5.94. The molecule has 0 spiro atoms. The first-order chi connectivity index (χ1) is 12.0. The zero-order valence-corrected chi connectivity index (χ0v) is 14.4. The maximum atomic E-state index is 13.0. The molecule has 1 atom stereocenters. The monoisotopic (exact) mass is 342 g/mol. The molecule has 1 N–H and O–H groups in total. The van der Waals surface area contributed by atoms with Crippen molar-refractivity contribution in [2.45, 2.75) is 13.0 Å². The van der Waals surface area contributed by atoms with Crippen LogP contribution in [0.25, 0.3) is 0 Å². The summed E-state index contributed by atoms with van der Waals surface area (Å²) in [6.07, 6.45) is -0.653. The summed E-state index contributed by atoms with van der Waals surface area (Å²) in [5.74, 6) is -0.252. The topological polar surface area (TPSA) is 43.8 Å². The maximum Gasteiger partial charge on any atom is 0.253 e. The third-order valence-electron chi connectivity index (χ3n) is 4.64. The van der Waals surface area contributed by atoms with Crippen molar-refractivity contribution in [3.8, 4) is 0 Å². The Morgan fingerprint density at radius 1 is 1.04 bits per heavy atom. The van der Waals surface area contributed by atoms with Crippen LogP contribution in [0.1, 0.15) is 27.6 Å². The second-order valence-electron chi connectivity index (χ2n) is 6.53. The number of aliphatic hydroxyl groups excluding tert-OH is 1. The van der Waals surface area contributed by atoms with E-state index in [-0.39, 0.29) is 11.7 Å². The number of nitrogens with zero attached hydrogens (tertiary/aromatic N) is 2. The van der Waals surface area contributed by atoms with E-state index in [0.717, 1.165) is 18.7 Å². The van der Waals surface area contributed by atoms with Gasteiger partial charge in [-0.25, -0.2) is 4.39 Å². The van der Waals surface area contributed by atoms with E-state index < -0.39 is 6.10 Å². The van der Waals surface area contributed by atoms with Crippen LogP contribution in [0.4, 0.5) is 4.39 Å². The van der Waals surface area contributed by atoms with Gasteiger partial charge in [-0.2, -0.15) is 0 Å². The molecule has 3 rings (SSSR count). The summed E-state index contributed by atoms with van der Waals surface area (Å²) >= 11 is 0. The van der Waals surface area contributed by atoms with Crippen LogP contribution in [0.5, 0.6) is 0 Å². The second-order valence-corrected chi connectivity index (χ2v) is 6.53. The summed E-state index contributed by atoms with van der Waals surface area (Å²) < 4.78 is 13.0. The van der Waals surface area contributed by atoms with Crippen LogP contribution in [0.2, 0.25) is 0 Å². The SMILES string of the molecule is Cc1ccc(C(=O)N2CCN(CC(O)c3ccc(F)cc3)CC2)cc1. The summed E-state index contributed by atoms with van der Waals surface area (Å²) in [5.41, 5.74) is 2.56. The van der Waals surface area contributed by atoms with E-state index in [1.54, 1.807) is 12.1 Å². The Kier molecular flexibility index (Phi) is 5.46. The van der Waals surface area contributed by atoms with Crippen molar-refractivity contribution < 1.29 is 14.3 Å². The van der Waals surface area contributed by atoms with Gasteiger partial charge in [-0.05, 0) is 36.8 Å². The fraction of sp³-hybridized carbons (Fsp3) is 0.350. The van der Waals surface area contributed by atoms with Gasteiger partial charge in [0.05, 0.1) is 6.10 Å². The van der Waals surface area contributed by atoms with Crippen LogP contribution in [-0.2, 0) is 0 Å². The minimum atomic E-state index is -0.653. The molecule has 0 aromatic heterocycles. The Balaban J connectivity index is 1.52. The highest BCUT2D eigenvalue weighted by Crippen LogP contribution is 2.17. The van der Waals surface area contributed by atoms with E-state index >= 15 is 0 Å². The Labute approximate surface area is 147 Å². The molecule has 2 aromatic carbocycles. The third kappa shape index (κ3) is 4.44. The Bertz CT molecular complexity index is 707. The predicted octanol–water partition coefficient (Wildman–Crippen LogP) is 2.63. The summed E-state index contributed by atoms with van der Waals surface area (Å²) in [7, 11) is 0. The standard InChI is InChI=1S/C20H23FN2O2/c1-15-2-4-17(5-3-15)20(25)23-12-10-22(11-13-23)14-19(24)16-6-8-18(21)9-7-16/h2-9,19,24H,10-14H2,1H3. The van der Waals surface area contributed by atoms with Gasteiger partial charge in [0, 0.05) is 38.3 Å². The van der Waals surface area contributed by atoms with Gasteiger partial charge in [-0.1, -0.05) is 29.8 Å². The number of rotatable bonds is 4. The summed E-state index contributed by atoms with van der Waals surface area (Å²) in [5, 5.41) is 10.3. The van der Waals surface area contributed by atoms with Gasteiger partial charge in [-0.3, -0.25) is 9.69 Å². The van der Waals surface area contributed by atoms with Crippen LogP contribution in [0.3, 0.4) is 0 Å². The number of hydrogen-bond acceptors (Lipinski definition) is 3. The van der Waals surface area contributed by atoms with Gasteiger partial charge < -0.3 is 10.0 Å². The molecule has 1 heterocycles. The number of halogens is 1. The van der Waals surface area contributed by atoms with Crippen molar-refractivity contribution in [3.05, 3.63) is 71.0 Å². The lowest BCUT2D eigenvalue weighted by molar-refractivity contribution is 0.0527. The maximum absolute atomic E-state index is 13.0. The highest BCUT2D eigenvalue weighted by atomic mass is 19.1. The average molecular weight is 342 g/mol. The highest BCUT2D eigenvalue weighted by Gasteiger charge is 2.23. The van der Waals surface area contributed by atoms with E-state index in [0.29, 0.717) is 30.8 Å². The first-order valence-corrected chi connectivity index (χ1v) is 8.55. The van der Waals surface area contributed by atoms with Gasteiger partial charge in [0.25, 0.3) is 5.91 Å². The number of benzene rings is 2. The van der Waals surface area contributed by atoms with E-state index in [1.807, 2.05) is 36.1 Å². The predicted molar refractivity (Wildman–Crippen MR) is 94.9 cm³/mol. The molecule has 1 aliphatic heterocycles. The summed E-state index contributed by atoms with van der Waals surface area (Å²) in [6.45, 7) is 5.20. The van der Waals surface area contributed by atoms with E-state index in [2.05, 4.69) is 4.90 Å². The van der Waals surface area contributed by atoms with Gasteiger partial charge in [0.2, 0.25) is 0 Å². The fourth-order valence-corrected chi connectivity index (χ4v) is 3.05. The van der Waals surface area contributed by atoms with Crippen LogP contribution in [0.15, 0.2) is 48.5 Å². The molecule has 1 fully saturated rings. The fourth-order valence-electron chi connectivity index (χ4n) is 3.05. The van der Waals surface area contributed by atoms with Crippen molar-refractivity contribution >= 4 is 5.91 Å². The number of carbonyl (C=O) groups is 1. The number of aliphatic hydroxyl groups is 1. The number of piperazine rings is 1. The molecule has 4 nitrogen and oxygen atoms in total. The van der Waals surface area contributed by atoms with Crippen molar-refractivity contribution in [2.24, 2.45) is 0 Å². The molecule has 0 bridgehead atoms. The molecule has 5 heteroatoms. The lowest BCUT2D eigenvalue weighted by Crippen LogP contribution is -2.49. The van der Waals surface area contributed by atoms with Gasteiger partial charge in [-0.15, -0.1) is 0 Å². The first-order valence-electron chi connectivity index (χ1n) is 8.55. The molecule has 2 aromatic rings. The molecule has 0 aliphatic carbocycles. The molecule has 0 radical (unpaired) electrons. The Morgan fingerprint density at radius 2 is 1.64 bits per heavy atom. The molecule has 1 aliphatic rings. The lowest BCUT2D eigenvalue weighted by Gasteiger charge is -2.35. The summed E-state index contributed by atoms with van der Waals surface area (Å²) in [4.78, 5) is 16.5. The quantitative estimate of drug-likeness (QED) is 0.929. The minimum Gasteiger partial charge on any atom is -0.387 e. The Hall–Kier alpha value is -2.24. The molecule has 132 valence electrons. The summed E-state index contributed by atoms with van der Waals surface area (Å²) in [6, 6.07) is 13.6. The van der Waals surface area contributed by atoms with Crippen LogP contribution >= 0.6 is 0 Å². The Morgan fingerprint density at radius 3 is 2.24 bits per heavy atom. The van der Waals surface area contributed by atoms with Gasteiger partial charge >= 0.3 is 0 Å². The molecule has 1 unspecified atom stereocenters. The lowest BCUT2D eigenvalue weighted by atomic mass is 10.1. The van der Waals surface area contributed by atoms with Crippen molar-refractivity contribution in [1.82, 2.24) is 9.80 Å². The number of carbonyl (C=O) groups excluding carboxylic acids is 1. The van der Waals surface area contributed by atoms with Crippen LogP contribution < -0.4 is 0 Å². The third-order valence-corrected chi connectivity index (χ3v) is 4.64. The van der Waals surface area contributed by atoms with Crippen molar-refractivity contribution in [3.63, 3.8) is 0 Å². The smallest absolute Gasteiger partial charge is 0.253 e. The molecular weight excluding hydrogens is 319 g/mol. The molecule has 25 heavy (non-hydrogen) atoms. The van der Waals surface area contributed by atoms with Gasteiger partial charge in [0.1, 0.15) is 5.82 Å². The second kappa shape index (κ2) is 7.76. The van der Waals surface area contributed by atoms with Crippen molar-refractivity contribution in [2.75, 3.05) is 32.7 Å². The number of hydrogen-bond donors (Lipinski definition) is 1. The number of β-amino-alcohol motifs (C(OH)–C–C–N with tert-alkyl or cyclic N) is 1. The van der Waals surface area contributed by atoms with E-state index in [1.165, 1.54) is 12.1 Å². The van der Waals surface area contributed by atoms with Crippen LogP contribution in [-0.4, -0.2) is 53.5 Å². The first kappa shape index (κ1) is 17.6. The normalized spacial score (nSPS) is 16.7. The van der Waals surface area contributed by atoms with Crippen molar-refractivity contribution in [1.29, 1.82) is 0 Å². The van der Waals surface area contributed by atoms with E-state index in [9.17, 15) is 14.3 Å². The van der Waals surface area contributed by atoms with Crippen LogP contribution in [0, 0.1) is 12.7 Å². The molecular formula is C20H23FN2O2. The average Bonchev–Trinajstić information content (AvgIpc) is 2.63. The number of amides is 1. The minimum absolute atomic E-state index is 0.0544.